The lowest BCUT2D eigenvalue weighted by molar-refractivity contribution is 0.359. The standard InChI is InChI=1S/C7H8O3S.C4H12OSi/c1-6-2-4-7(5-3-6)11(8,9)10;1-6(2,3)4-5/h2-5H,1H3,(H,8,9,10);5H,4H2,1-3H3. The van der Waals surface area contributed by atoms with Gasteiger partial charge in [-0.3, -0.25) is 4.55 Å². The van der Waals surface area contributed by atoms with E-state index in [0.29, 0.717) is 6.23 Å². The van der Waals surface area contributed by atoms with Crippen LogP contribution < -0.4 is 0 Å². The smallest absolute Gasteiger partial charge is 0.294 e. The zero-order valence-corrected chi connectivity index (χ0v) is 12.5. The lowest BCUT2D eigenvalue weighted by Gasteiger charge is -2.08. The number of hydrogen-bond donors (Lipinski definition) is 2. The summed E-state index contributed by atoms with van der Waals surface area (Å²) in [6.45, 7) is 8.24. The third-order valence-electron chi connectivity index (χ3n) is 1.79. The Kier molecular flexibility index (Phi) is 6.04. The van der Waals surface area contributed by atoms with E-state index in [4.69, 9.17) is 9.66 Å². The fourth-order valence-corrected chi connectivity index (χ4v) is 1.19. The largest absolute Gasteiger partial charge is 0.400 e. The molecular formula is C11H20O4SSi. The number of hydrogen-bond acceptors (Lipinski definition) is 3. The van der Waals surface area contributed by atoms with Gasteiger partial charge in [-0.15, -0.1) is 0 Å². The molecule has 4 nitrogen and oxygen atoms in total. The Morgan fingerprint density at radius 1 is 1.12 bits per heavy atom. The van der Waals surface area contributed by atoms with Gasteiger partial charge in [0.05, 0.1) is 13.0 Å². The predicted octanol–water partition coefficient (Wildman–Crippen LogP) is 2.10. The lowest BCUT2D eigenvalue weighted by Crippen LogP contribution is -2.25. The van der Waals surface area contributed by atoms with Crippen molar-refractivity contribution < 1.29 is 18.1 Å². The van der Waals surface area contributed by atoms with E-state index in [2.05, 4.69) is 19.6 Å². The third-order valence-corrected chi connectivity index (χ3v) is 3.61. The second-order valence-corrected chi connectivity index (χ2v) is 11.9. The minimum absolute atomic E-state index is 0.0666. The van der Waals surface area contributed by atoms with Gasteiger partial charge < -0.3 is 5.11 Å². The molecule has 0 aliphatic heterocycles. The molecule has 0 saturated heterocycles. The van der Waals surface area contributed by atoms with Crippen LogP contribution in [-0.2, 0) is 10.1 Å². The fourth-order valence-electron chi connectivity index (χ4n) is 0.710. The van der Waals surface area contributed by atoms with Crippen molar-refractivity contribution >= 4 is 18.2 Å². The molecule has 0 aromatic heterocycles. The van der Waals surface area contributed by atoms with Crippen LogP contribution in [0, 0.1) is 6.92 Å². The second kappa shape index (κ2) is 6.30. The highest BCUT2D eigenvalue weighted by atomic mass is 32.2. The van der Waals surface area contributed by atoms with Crippen LogP contribution in [0.5, 0.6) is 0 Å². The Morgan fingerprint density at radius 3 is 1.71 bits per heavy atom. The molecule has 0 bridgehead atoms. The third kappa shape index (κ3) is 8.09. The van der Waals surface area contributed by atoms with Crippen molar-refractivity contribution in [2.24, 2.45) is 0 Å². The van der Waals surface area contributed by atoms with Crippen molar-refractivity contribution in [1.82, 2.24) is 0 Å². The van der Waals surface area contributed by atoms with Crippen molar-refractivity contribution in [2.75, 3.05) is 6.23 Å². The van der Waals surface area contributed by atoms with Gasteiger partial charge in [-0.2, -0.15) is 8.42 Å². The monoisotopic (exact) mass is 276 g/mol. The van der Waals surface area contributed by atoms with E-state index in [0.717, 1.165) is 5.56 Å². The molecule has 0 amide bonds. The number of aliphatic hydroxyl groups is 1. The Bertz CT molecular complexity index is 432. The predicted molar refractivity (Wildman–Crippen MR) is 71.4 cm³/mol. The molecule has 17 heavy (non-hydrogen) atoms. The van der Waals surface area contributed by atoms with Crippen LogP contribution in [0.15, 0.2) is 29.2 Å². The highest BCUT2D eigenvalue weighted by Gasteiger charge is 2.08. The van der Waals surface area contributed by atoms with Crippen LogP contribution in [0.2, 0.25) is 19.6 Å². The Hall–Kier alpha value is -0.693. The van der Waals surface area contributed by atoms with E-state index in [1.165, 1.54) is 12.1 Å². The lowest BCUT2D eigenvalue weighted by atomic mass is 10.2. The highest BCUT2D eigenvalue weighted by molar-refractivity contribution is 7.85. The normalized spacial score (nSPS) is 11.6. The van der Waals surface area contributed by atoms with Gasteiger partial charge in [0.2, 0.25) is 0 Å². The minimum atomic E-state index is -4.02. The summed E-state index contributed by atoms with van der Waals surface area (Å²) in [5, 5.41) is 8.46. The molecule has 1 aromatic carbocycles. The van der Waals surface area contributed by atoms with Crippen LogP contribution in [-0.4, -0.2) is 32.4 Å². The molecule has 2 N–H and O–H groups in total. The van der Waals surface area contributed by atoms with E-state index in [1.807, 2.05) is 6.92 Å². The molecule has 0 saturated carbocycles. The van der Waals surface area contributed by atoms with Gasteiger partial charge in [-0.05, 0) is 19.1 Å². The first kappa shape index (κ1) is 16.3. The van der Waals surface area contributed by atoms with Gasteiger partial charge in [-0.25, -0.2) is 0 Å². The topological polar surface area (TPSA) is 74.6 Å². The van der Waals surface area contributed by atoms with Crippen LogP contribution >= 0.6 is 0 Å². The summed E-state index contributed by atoms with van der Waals surface area (Å²) < 4.78 is 29.6. The maximum atomic E-state index is 10.5. The molecule has 0 atom stereocenters. The number of rotatable bonds is 2. The van der Waals surface area contributed by atoms with Gasteiger partial charge in [0, 0.05) is 6.23 Å². The molecular weight excluding hydrogens is 256 g/mol. The summed E-state index contributed by atoms with van der Waals surface area (Å²) >= 11 is 0. The summed E-state index contributed by atoms with van der Waals surface area (Å²) in [4.78, 5) is -0.0666. The Balaban J connectivity index is 0.000000366. The summed E-state index contributed by atoms with van der Waals surface area (Å²) in [7, 11) is -5.10. The molecule has 6 heteroatoms. The van der Waals surface area contributed by atoms with E-state index in [1.54, 1.807) is 12.1 Å². The van der Waals surface area contributed by atoms with E-state index < -0.39 is 18.2 Å². The van der Waals surface area contributed by atoms with E-state index in [9.17, 15) is 8.42 Å². The molecule has 0 unspecified atom stereocenters. The van der Waals surface area contributed by atoms with Crippen molar-refractivity contribution in [1.29, 1.82) is 0 Å². The Labute approximate surface area is 104 Å². The fraction of sp³-hybridized carbons (Fsp3) is 0.455. The van der Waals surface area contributed by atoms with Crippen LogP contribution in [0.1, 0.15) is 5.56 Å². The van der Waals surface area contributed by atoms with Crippen LogP contribution in [0.4, 0.5) is 0 Å². The van der Waals surface area contributed by atoms with Gasteiger partial charge >= 0.3 is 0 Å². The van der Waals surface area contributed by atoms with Crippen molar-refractivity contribution in [3.8, 4) is 0 Å². The summed E-state index contributed by atoms with van der Waals surface area (Å²) in [6, 6.07) is 5.99. The Morgan fingerprint density at radius 2 is 1.47 bits per heavy atom. The van der Waals surface area contributed by atoms with Crippen molar-refractivity contribution in [2.45, 2.75) is 31.5 Å². The average molecular weight is 276 g/mol. The summed E-state index contributed by atoms with van der Waals surface area (Å²) in [5.74, 6) is 0. The summed E-state index contributed by atoms with van der Waals surface area (Å²) in [6.07, 6.45) is 0.410. The SMILES string of the molecule is C[Si](C)(C)CO.Cc1ccc(S(=O)(=O)O)cc1. The second-order valence-electron chi connectivity index (χ2n) is 5.01. The molecule has 0 spiro atoms. The summed E-state index contributed by atoms with van der Waals surface area (Å²) in [5.41, 5.74) is 0.956. The first-order chi connectivity index (χ1) is 7.56. The zero-order chi connectivity index (χ0) is 13.7. The van der Waals surface area contributed by atoms with E-state index in [-0.39, 0.29) is 4.90 Å². The number of benzene rings is 1. The first-order valence-corrected chi connectivity index (χ1v) is 10.4. The number of aliphatic hydroxyl groups excluding tert-OH is 1. The molecule has 0 aliphatic carbocycles. The van der Waals surface area contributed by atoms with Crippen LogP contribution in [0.3, 0.4) is 0 Å². The van der Waals surface area contributed by atoms with Crippen molar-refractivity contribution in [3.05, 3.63) is 29.8 Å². The number of aryl methyl sites for hydroxylation is 1. The molecule has 0 fully saturated rings. The van der Waals surface area contributed by atoms with Gasteiger partial charge in [0.25, 0.3) is 10.1 Å². The molecule has 98 valence electrons. The average Bonchev–Trinajstić information content (AvgIpc) is 2.17. The molecule has 0 heterocycles. The van der Waals surface area contributed by atoms with Gasteiger partial charge in [0.15, 0.2) is 0 Å². The minimum Gasteiger partial charge on any atom is -0.400 e. The quantitative estimate of drug-likeness (QED) is 0.641. The van der Waals surface area contributed by atoms with Crippen LogP contribution in [0.25, 0.3) is 0 Å². The molecule has 0 radical (unpaired) electrons. The molecule has 1 aromatic rings. The maximum Gasteiger partial charge on any atom is 0.294 e. The van der Waals surface area contributed by atoms with E-state index >= 15 is 0 Å². The zero-order valence-electron chi connectivity index (χ0n) is 10.6. The molecule has 1 rings (SSSR count). The highest BCUT2D eigenvalue weighted by Crippen LogP contribution is 2.08. The first-order valence-electron chi connectivity index (χ1n) is 5.21. The molecule has 0 aliphatic rings. The maximum absolute atomic E-state index is 10.5. The van der Waals surface area contributed by atoms with Crippen molar-refractivity contribution in [3.63, 3.8) is 0 Å². The van der Waals surface area contributed by atoms with Gasteiger partial charge in [0.1, 0.15) is 0 Å². The van der Waals surface area contributed by atoms with Gasteiger partial charge in [-0.1, -0.05) is 37.3 Å².